The molecule has 0 aromatic heterocycles. The first-order valence-electron chi connectivity index (χ1n) is 10.7. The molecule has 9 nitrogen and oxygen atoms in total. The smallest absolute Gasteiger partial charge is 0.337 e. The maximum Gasteiger partial charge on any atom is 0.337 e. The Morgan fingerprint density at radius 2 is 1.20 bits per heavy atom. The van der Waals surface area contributed by atoms with Gasteiger partial charge in [0, 0.05) is 50.7 Å². The molecule has 0 bridgehead atoms. The largest absolute Gasteiger partial charge is 0.478 e. The fourth-order valence-corrected chi connectivity index (χ4v) is 3.25. The zero-order valence-corrected chi connectivity index (χ0v) is 19.9. The molecule has 180 valence electrons. The Morgan fingerprint density at radius 1 is 0.714 bits per heavy atom. The third-order valence-corrected chi connectivity index (χ3v) is 5.20. The minimum atomic E-state index is -1.22. The second-order valence-electron chi connectivity index (χ2n) is 8.09. The first-order valence-corrected chi connectivity index (χ1v) is 10.7. The van der Waals surface area contributed by atoms with Crippen LogP contribution in [0, 0.1) is 0 Å². The van der Waals surface area contributed by atoms with Gasteiger partial charge in [-0.2, -0.15) is 5.10 Å². The number of amides is 2. The van der Waals surface area contributed by atoms with Gasteiger partial charge in [-0.05, 0) is 36.4 Å². The Labute approximate surface area is 203 Å². The summed E-state index contributed by atoms with van der Waals surface area (Å²) in [5.74, 6) is -3.28. The number of nitrogens with one attached hydrogen (secondary N) is 2. The van der Waals surface area contributed by atoms with Crippen molar-refractivity contribution in [2.75, 3.05) is 43.3 Å². The van der Waals surface area contributed by atoms with Gasteiger partial charge in [-0.1, -0.05) is 36.4 Å². The highest BCUT2D eigenvalue weighted by molar-refractivity contribution is 6.40. The van der Waals surface area contributed by atoms with Gasteiger partial charge in [0.15, 0.2) is 0 Å². The number of hydrogen-bond donors (Lipinski definition) is 3. The summed E-state index contributed by atoms with van der Waals surface area (Å²) in [7, 11) is 7.74. The molecule has 0 saturated carbocycles. The van der Waals surface area contributed by atoms with Crippen molar-refractivity contribution in [1.82, 2.24) is 5.43 Å². The SMILES string of the molecule is CN(C)c1ccc(C(=NNC(=O)C(=O)Nc2ccccc2C(=O)O)c2ccc(N(C)C)cc2)cc1. The van der Waals surface area contributed by atoms with E-state index >= 15 is 0 Å². The van der Waals surface area contributed by atoms with Crippen LogP contribution in [0.5, 0.6) is 0 Å². The summed E-state index contributed by atoms with van der Waals surface area (Å²) in [6.45, 7) is 0. The molecule has 2 amide bonds. The van der Waals surface area contributed by atoms with E-state index in [0.29, 0.717) is 5.71 Å². The predicted octanol–water partition coefficient (Wildman–Crippen LogP) is 3.02. The second kappa shape index (κ2) is 11.0. The summed E-state index contributed by atoms with van der Waals surface area (Å²) in [5, 5.41) is 15.8. The monoisotopic (exact) mass is 473 g/mol. The van der Waals surface area contributed by atoms with Crippen LogP contribution in [0.3, 0.4) is 0 Å². The maximum atomic E-state index is 12.5. The molecule has 9 heteroatoms. The van der Waals surface area contributed by atoms with Crippen molar-refractivity contribution in [3.63, 3.8) is 0 Å². The number of carbonyl (C=O) groups excluding carboxylic acids is 2. The molecule has 0 fully saturated rings. The normalized spacial score (nSPS) is 10.2. The zero-order valence-electron chi connectivity index (χ0n) is 19.9. The van der Waals surface area contributed by atoms with Gasteiger partial charge in [0.1, 0.15) is 0 Å². The summed E-state index contributed by atoms with van der Waals surface area (Å²) in [5.41, 5.74) is 6.12. The Kier molecular flexibility index (Phi) is 7.83. The molecule has 0 unspecified atom stereocenters. The van der Waals surface area contributed by atoms with E-state index < -0.39 is 17.8 Å². The van der Waals surface area contributed by atoms with E-state index in [4.69, 9.17) is 0 Å². The van der Waals surface area contributed by atoms with Crippen LogP contribution in [0.4, 0.5) is 17.1 Å². The molecule has 0 spiro atoms. The van der Waals surface area contributed by atoms with Crippen LogP contribution < -0.4 is 20.5 Å². The van der Waals surface area contributed by atoms with E-state index in [0.717, 1.165) is 22.5 Å². The molecule has 3 rings (SSSR count). The van der Waals surface area contributed by atoms with Crippen LogP contribution in [0.15, 0.2) is 77.9 Å². The van der Waals surface area contributed by atoms with Crippen molar-refractivity contribution in [1.29, 1.82) is 0 Å². The van der Waals surface area contributed by atoms with E-state index in [1.54, 1.807) is 6.07 Å². The number of hydrogen-bond acceptors (Lipinski definition) is 6. The van der Waals surface area contributed by atoms with Crippen molar-refractivity contribution in [2.24, 2.45) is 5.10 Å². The second-order valence-corrected chi connectivity index (χ2v) is 8.09. The average molecular weight is 474 g/mol. The minimum absolute atomic E-state index is 0.0166. The third kappa shape index (κ3) is 6.23. The lowest BCUT2D eigenvalue weighted by atomic mass is 10.0. The fraction of sp³-hybridized carbons (Fsp3) is 0.154. The van der Waals surface area contributed by atoms with Crippen LogP contribution >= 0.6 is 0 Å². The van der Waals surface area contributed by atoms with Crippen LogP contribution in [-0.2, 0) is 9.59 Å². The number of benzene rings is 3. The Balaban J connectivity index is 1.87. The summed E-state index contributed by atoms with van der Waals surface area (Å²) < 4.78 is 0. The number of carbonyl (C=O) groups is 3. The van der Waals surface area contributed by atoms with Gasteiger partial charge >= 0.3 is 17.8 Å². The van der Waals surface area contributed by atoms with Gasteiger partial charge in [-0.15, -0.1) is 0 Å². The number of anilines is 3. The van der Waals surface area contributed by atoms with Gasteiger partial charge < -0.3 is 20.2 Å². The number of carboxylic acid groups (broad SMARTS) is 1. The van der Waals surface area contributed by atoms with Crippen molar-refractivity contribution in [3.8, 4) is 0 Å². The summed E-state index contributed by atoms with van der Waals surface area (Å²) in [6, 6.07) is 21.0. The van der Waals surface area contributed by atoms with E-state index in [9.17, 15) is 19.5 Å². The van der Waals surface area contributed by atoms with E-state index in [2.05, 4.69) is 15.8 Å². The first kappa shape index (κ1) is 25.0. The number of carboxylic acids is 1. The first-order chi connectivity index (χ1) is 16.7. The molecular formula is C26H27N5O4. The van der Waals surface area contributed by atoms with Gasteiger partial charge in [-0.25, -0.2) is 10.2 Å². The Hall–Kier alpha value is -4.66. The number of aromatic carboxylic acids is 1. The molecule has 0 atom stereocenters. The highest BCUT2D eigenvalue weighted by Crippen LogP contribution is 2.19. The van der Waals surface area contributed by atoms with Gasteiger partial charge in [0.2, 0.25) is 0 Å². The van der Waals surface area contributed by atoms with E-state index in [1.165, 1.54) is 18.2 Å². The van der Waals surface area contributed by atoms with Crippen molar-refractivity contribution < 1.29 is 19.5 Å². The molecule has 0 radical (unpaired) electrons. The molecule has 35 heavy (non-hydrogen) atoms. The van der Waals surface area contributed by atoms with E-state index in [-0.39, 0.29) is 11.3 Å². The number of nitrogens with zero attached hydrogens (tertiary/aromatic N) is 3. The topological polar surface area (TPSA) is 114 Å². The van der Waals surface area contributed by atoms with Crippen LogP contribution in [0.2, 0.25) is 0 Å². The highest BCUT2D eigenvalue weighted by atomic mass is 16.4. The highest BCUT2D eigenvalue weighted by Gasteiger charge is 2.18. The summed E-state index contributed by atoms with van der Waals surface area (Å²) >= 11 is 0. The molecule has 3 aromatic rings. The standard InChI is InChI=1S/C26H27N5O4/c1-30(2)19-13-9-17(10-14-19)23(18-11-15-20(16-12-18)31(3)4)28-29-25(33)24(32)27-22-8-6-5-7-21(22)26(34)35/h5-16H,1-4H3,(H,27,32)(H,29,33)(H,34,35). The number of hydrazone groups is 1. The van der Waals surface area contributed by atoms with Crippen LogP contribution in [0.1, 0.15) is 21.5 Å². The Morgan fingerprint density at radius 3 is 1.66 bits per heavy atom. The van der Waals surface area contributed by atoms with Crippen molar-refractivity contribution in [2.45, 2.75) is 0 Å². The third-order valence-electron chi connectivity index (χ3n) is 5.20. The van der Waals surface area contributed by atoms with E-state index in [1.807, 2.05) is 86.5 Å². The quantitative estimate of drug-likeness (QED) is 0.276. The summed E-state index contributed by atoms with van der Waals surface area (Å²) in [6.07, 6.45) is 0. The molecule has 0 heterocycles. The van der Waals surface area contributed by atoms with Crippen molar-refractivity contribution >= 4 is 40.6 Å². The molecule has 3 N–H and O–H groups in total. The lowest BCUT2D eigenvalue weighted by molar-refractivity contribution is -0.136. The molecule has 0 saturated heterocycles. The fourth-order valence-electron chi connectivity index (χ4n) is 3.25. The maximum absolute atomic E-state index is 12.5. The number of rotatable bonds is 7. The van der Waals surface area contributed by atoms with Gasteiger partial charge in [0.25, 0.3) is 0 Å². The lowest BCUT2D eigenvalue weighted by Crippen LogP contribution is -2.33. The van der Waals surface area contributed by atoms with Gasteiger partial charge in [0.05, 0.1) is 17.0 Å². The van der Waals surface area contributed by atoms with Crippen LogP contribution in [-0.4, -0.2) is 56.8 Å². The van der Waals surface area contributed by atoms with Crippen molar-refractivity contribution in [3.05, 3.63) is 89.5 Å². The summed E-state index contributed by atoms with van der Waals surface area (Å²) in [4.78, 5) is 40.2. The predicted molar refractivity (Wildman–Crippen MR) is 137 cm³/mol. The zero-order chi connectivity index (χ0) is 25.5. The average Bonchev–Trinajstić information content (AvgIpc) is 2.84. The molecule has 3 aromatic carbocycles. The van der Waals surface area contributed by atoms with Crippen LogP contribution in [0.25, 0.3) is 0 Å². The molecule has 0 aliphatic carbocycles. The number of para-hydroxylation sites is 1. The van der Waals surface area contributed by atoms with Gasteiger partial charge in [-0.3, -0.25) is 9.59 Å². The molecule has 0 aliphatic rings. The Bertz CT molecular complexity index is 1200. The molecule has 0 aliphatic heterocycles. The minimum Gasteiger partial charge on any atom is -0.478 e. The molecular weight excluding hydrogens is 446 g/mol. The lowest BCUT2D eigenvalue weighted by Gasteiger charge is -2.15.